The summed E-state index contributed by atoms with van der Waals surface area (Å²) in [6.07, 6.45) is 5.59. The van der Waals surface area contributed by atoms with Crippen LogP contribution in [0.5, 0.6) is 0 Å². The molecule has 1 unspecified atom stereocenters. The maximum atomic E-state index is 6.40. The minimum Gasteiger partial charge on any atom is -0.324 e. The largest absolute Gasteiger partial charge is 0.324 e. The molecule has 2 rings (SSSR count). The van der Waals surface area contributed by atoms with Crippen LogP contribution in [-0.4, -0.2) is 4.98 Å². The minimum atomic E-state index is 0.0310. The highest BCUT2D eigenvalue weighted by atomic mass is 14.7. The van der Waals surface area contributed by atoms with Crippen molar-refractivity contribution in [1.82, 2.24) is 4.98 Å². The van der Waals surface area contributed by atoms with Gasteiger partial charge in [-0.2, -0.15) is 0 Å². The summed E-state index contributed by atoms with van der Waals surface area (Å²) in [5.74, 6) is 0. The van der Waals surface area contributed by atoms with Gasteiger partial charge in [0.1, 0.15) is 0 Å². The van der Waals surface area contributed by atoms with Gasteiger partial charge in [-0.25, -0.2) is 0 Å². The SMILES string of the molecule is CCc1cnccc1C(N)Cc1ccc(C(C)(C)C)cc1. The minimum absolute atomic E-state index is 0.0310. The number of hydrogen-bond donors (Lipinski definition) is 1. The number of aryl methyl sites for hydroxylation is 1. The first-order chi connectivity index (χ1) is 9.91. The molecule has 1 heterocycles. The normalized spacial score (nSPS) is 13.2. The molecule has 21 heavy (non-hydrogen) atoms. The third-order valence-corrected chi connectivity index (χ3v) is 4.00. The molecule has 2 N–H and O–H groups in total. The van der Waals surface area contributed by atoms with Crippen LogP contribution in [0.25, 0.3) is 0 Å². The number of aromatic nitrogens is 1. The van der Waals surface area contributed by atoms with Crippen LogP contribution < -0.4 is 5.73 Å². The number of pyridine rings is 1. The van der Waals surface area contributed by atoms with Gasteiger partial charge in [-0.3, -0.25) is 4.98 Å². The van der Waals surface area contributed by atoms with E-state index in [4.69, 9.17) is 5.73 Å². The first-order valence-corrected chi connectivity index (χ1v) is 7.69. The second-order valence-electron chi connectivity index (χ2n) is 6.69. The maximum absolute atomic E-state index is 6.40. The third kappa shape index (κ3) is 3.92. The Morgan fingerprint density at radius 2 is 1.76 bits per heavy atom. The Morgan fingerprint density at radius 3 is 2.33 bits per heavy atom. The lowest BCUT2D eigenvalue weighted by Crippen LogP contribution is -2.16. The van der Waals surface area contributed by atoms with Crippen LogP contribution in [0, 0.1) is 0 Å². The molecule has 1 aromatic heterocycles. The van der Waals surface area contributed by atoms with Crippen molar-refractivity contribution in [2.45, 2.75) is 52.0 Å². The van der Waals surface area contributed by atoms with Gasteiger partial charge in [0.05, 0.1) is 0 Å². The molecule has 2 aromatic rings. The first kappa shape index (κ1) is 15.7. The predicted octanol–water partition coefficient (Wildman–Crippen LogP) is 4.18. The van der Waals surface area contributed by atoms with E-state index in [9.17, 15) is 0 Å². The Bertz CT molecular complexity index is 579. The lowest BCUT2D eigenvalue weighted by atomic mass is 9.86. The highest BCUT2D eigenvalue weighted by Gasteiger charge is 2.14. The third-order valence-electron chi connectivity index (χ3n) is 4.00. The van der Waals surface area contributed by atoms with Gasteiger partial charge in [0, 0.05) is 18.4 Å². The van der Waals surface area contributed by atoms with Gasteiger partial charge in [0.2, 0.25) is 0 Å². The van der Waals surface area contributed by atoms with E-state index in [1.165, 1.54) is 22.3 Å². The van der Waals surface area contributed by atoms with Crippen molar-refractivity contribution in [3.63, 3.8) is 0 Å². The fourth-order valence-corrected chi connectivity index (χ4v) is 2.60. The zero-order chi connectivity index (χ0) is 15.5. The summed E-state index contributed by atoms with van der Waals surface area (Å²) in [5, 5.41) is 0. The smallest absolute Gasteiger partial charge is 0.0339 e. The zero-order valence-electron chi connectivity index (χ0n) is 13.6. The maximum Gasteiger partial charge on any atom is 0.0339 e. The van der Waals surface area contributed by atoms with Gasteiger partial charge < -0.3 is 5.73 Å². The quantitative estimate of drug-likeness (QED) is 0.913. The van der Waals surface area contributed by atoms with E-state index in [-0.39, 0.29) is 11.5 Å². The average molecular weight is 282 g/mol. The fourth-order valence-electron chi connectivity index (χ4n) is 2.60. The van der Waals surface area contributed by atoms with Crippen molar-refractivity contribution in [2.24, 2.45) is 5.73 Å². The number of rotatable bonds is 4. The molecule has 0 saturated carbocycles. The van der Waals surface area contributed by atoms with Crippen molar-refractivity contribution >= 4 is 0 Å². The molecular formula is C19H26N2. The molecule has 1 atom stereocenters. The summed E-state index contributed by atoms with van der Waals surface area (Å²) in [4.78, 5) is 4.19. The molecule has 2 nitrogen and oxygen atoms in total. The van der Waals surface area contributed by atoms with Crippen LogP contribution in [0.4, 0.5) is 0 Å². The van der Waals surface area contributed by atoms with E-state index < -0.39 is 0 Å². The van der Waals surface area contributed by atoms with Crippen LogP contribution in [0.3, 0.4) is 0 Å². The van der Waals surface area contributed by atoms with Crippen molar-refractivity contribution in [3.05, 3.63) is 65.0 Å². The molecule has 112 valence electrons. The average Bonchev–Trinajstić information content (AvgIpc) is 2.46. The highest BCUT2D eigenvalue weighted by molar-refractivity contribution is 5.31. The van der Waals surface area contributed by atoms with Gasteiger partial charge in [0.25, 0.3) is 0 Å². The first-order valence-electron chi connectivity index (χ1n) is 7.69. The Hall–Kier alpha value is -1.67. The molecule has 1 aromatic carbocycles. The standard InChI is InChI=1S/C19H26N2/c1-5-15-13-21-11-10-17(15)18(20)12-14-6-8-16(9-7-14)19(2,3)4/h6-11,13,18H,5,12,20H2,1-4H3. The van der Waals surface area contributed by atoms with Crippen molar-refractivity contribution in [2.75, 3.05) is 0 Å². The lowest BCUT2D eigenvalue weighted by molar-refractivity contribution is 0.589. The zero-order valence-corrected chi connectivity index (χ0v) is 13.6. The number of benzene rings is 1. The Labute approximate surface area is 128 Å². The summed E-state index contributed by atoms with van der Waals surface area (Å²) in [5.41, 5.74) is 11.7. The van der Waals surface area contributed by atoms with Crippen LogP contribution in [-0.2, 0) is 18.3 Å². The van der Waals surface area contributed by atoms with Crippen LogP contribution in [0.15, 0.2) is 42.7 Å². The molecule has 2 heteroatoms. The lowest BCUT2D eigenvalue weighted by Gasteiger charge is -2.20. The molecule has 0 saturated heterocycles. The predicted molar refractivity (Wildman–Crippen MR) is 89.4 cm³/mol. The Kier molecular flexibility index (Phi) is 4.79. The highest BCUT2D eigenvalue weighted by Crippen LogP contribution is 2.24. The summed E-state index contributed by atoms with van der Waals surface area (Å²) in [6, 6.07) is 10.9. The Morgan fingerprint density at radius 1 is 1.10 bits per heavy atom. The van der Waals surface area contributed by atoms with E-state index in [0.29, 0.717) is 0 Å². The molecule has 0 amide bonds. The van der Waals surface area contributed by atoms with E-state index in [0.717, 1.165) is 12.8 Å². The van der Waals surface area contributed by atoms with Gasteiger partial charge in [-0.1, -0.05) is 52.0 Å². The summed E-state index contributed by atoms with van der Waals surface area (Å²) in [6.45, 7) is 8.85. The van der Waals surface area contributed by atoms with Crippen molar-refractivity contribution in [3.8, 4) is 0 Å². The van der Waals surface area contributed by atoms with E-state index in [1.807, 2.05) is 18.5 Å². The topological polar surface area (TPSA) is 38.9 Å². The molecule has 0 radical (unpaired) electrons. The molecule has 0 aliphatic heterocycles. The molecule has 0 aliphatic carbocycles. The molecule has 0 bridgehead atoms. The fraction of sp³-hybridized carbons (Fsp3) is 0.421. The molecule has 0 aliphatic rings. The summed E-state index contributed by atoms with van der Waals surface area (Å²) >= 11 is 0. The monoisotopic (exact) mass is 282 g/mol. The second-order valence-corrected chi connectivity index (χ2v) is 6.69. The van der Waals surface area contributed by atoms with Crippen LogP contribution in [0.1, 0.15) is 56.0 Å². The molecule has 0 spiro atoms. The van der Waals surface area contributed by atoms with Gasteiger partial charge in [-0.05, 0) is 46.6 Å². The number of nitrogens with zero attached hydrogens (tertiary/aromatic N) is 1. The second kappa shape index (κ2) is 6.40. The van der Waals surface area contributed by atoms with E-state index >= 15 is 0 Å². The van der Waals surface area contributed by atoms with E-state index in [2.05, 4.69) is 56.9 Å². The number of nitrogens with two attached hydrogens (primary N) is 1. The van der Waals surface area contributed by atoms with E-state index in [1.54, 1.807) is 0 Å². The van der Waals surface area contributed by atoms with Gasteiger partial charge >= 0.3 is 0 Å². The molecular weight excluding hydrogens is 256 g/mol. The van der Waals surface area contributed by atoms with Gasteiger partial charge in [0.15, 0.2) is 0 Å². The van der Waals surface area contributed by atoms with Crippen molar-refractivity contribution in [1.29, 1.82) is 0 Å². The summed E-state index contributed by atoms with van der Waals surface area (Å²) < 4.78 is 0. The van der Waals surface area contributed by atoms with Gasteiger partial charge in [-0.15, -0.1) is 0 Å². The van der Waals surface area contributed by atoms with Crippen LogP contribution >= 0.6 is 0 Å². The van der Waals surface area contributed by atoms with Crippen LogP contribution in [0.2, 0.25) is 0 Å². The molecule has 0 fully saturated rings. The Balaban J connectivity index is 2.14. The summed E-state index contributed by atoms with van der Waals surface area (Å²) in [7, 11) is 0. The number of hydrogen-bond acceptors (Lipinski definition) is 2. The van der Waals surface area contributed by atoms with Crippen molar-refractivity contribution < 1.29 is 0 Å².